The topological polar surface area (TPSA) is 76.7 Å². The van der Waals surface area contributed by atoms with Crippen molar-refractivity contribution in [3.05, 3.63) is 47.5 Å². The van der Waals surface area contributed by atoms with Crippen molar-refractivity contribution in [2.75, 3.05) is 23.8 Å². The summed E-state index contributed by atoms with van der Waals surface area (Å²) in [6, 6.07) is 10.9. The molecular weight excluding hydrogens is 308 g/mol. The van der Waals surface area contributed by atoms with E-state index in [1.165, 1.54) is 0 Å². The highest BCUT2D eigenvalue weighted by molar-refractivity contribution is 5.95. The van der Waals surface area contributed by atoms with Gasteiger partial charge in [-0.3, -0.25) is 9.59 Å². The number of ether oxygens (including phenoxy) is 2. The summed E-state index contributed by atoms with van der Waals surface area (Å²) in [5.74, 6) is 0.603. The molecule has 1 aliphatic rings. The van der Waals surface area contributed by atoms with E-state index in [1.54, 1.807) is 18.2 Å². The number of hydrogen-bond donors (Lipinski definition) is 2. The van der Waals surface area contributed by atoms with Crippen molar-refractivity contribution < 1.29 is 19.1 Å². The van der Waals surface area contributed by atoms with Crippen LogP contribution in [0.2, 0.25) is 0 Å². The Morgan fingerprint density at radius 2 is 2.08 bits per heavy atom. The predicted octanol–water partition coefficient (Wildman–Crippen LogP) is 2.65. The Morgan fingerprint density at radius 1 is 1.25 bits per heavy atom. The van der Waals surface area contributed by atoms with Crippen molar-refractivity contribution in [3.8, 4) is 11.5 Å². The number of carbonyl (C=O) groups excluding carboxylic acids is 2. The fourth-order valence-electron chi connectivity index (χ4n) is 2.36. The number of carbonyl (C=O) groups is 2. The molecule has 0 fully saturated rings. The zero-order chi connectivity index (χ0) is 17.1. The van der Waals surface area contributed by atoms with E-state index < -0.39 is 0 Å². The lowest BCUT2D eigenvalue weighted by Crippen LogP contribution is -2.25. The van der Waals surface area contributed by atoms with Crippen LogP contribution in [0.15, 0.2) is 36.4 Å². The van der Waals surface area contributed by atoms with Crippen LogP contribution in [0.4, 0.5) is 11.4 Å². The van der Waals surface area contributed by atoms with Crippen molar-refractivity contribution >= 4 is 23.2 Å². The maximum absolute atomic E-state index is 12.1. The van der Waals surface area contributed by atoms with E-state index in [2.05, 4.69) is 10.6 Å². The SMILES string of the molecule is Cc1ccc(C)c(NC(=O)COc2ccc3c(c2)NC(=O)CO3)c1. The first-order chi connectivity index (χ1) is 11.5. The molecule has 0 unspecified atom stereocenters. The van der Waals surface area contributed by atoms with Gasteiger partial charge in [-0.1, -0.05) is 12.1 Å². The number of hydrogen-bond acceptors (Lipinski definition) is 4. The van der Waals surface area contributed by atoms with Gasteiger partial charge < -0.3 is 20.1 Å². The molecule has 124 valence electrons. The van der Waals surface area contributed by atoms with E-state index in [0.717, 1.165) is 16.8 Å². The fraction of sp³-hybridized carbons (Fsp3) is 0.222. The third-order valence-corrected chi connectivity index (χ3v) is 3.62. The summed E-state index contributed by atoms with van der Waals surface area (Å²) in [5.41, 5.74) is 3.37. The number of aryl methyl sites for hydroxylation is 2. The Bertz CT molecular complexity index is 802. The zero-order valence-electron chi connectivity index (χ0n) is 13.5. The maximum atomic E-state index is 12.1. The quantitative estimate of drug-likeness (QED) is 0.905. The molecule has 2 N–H and O–H groups in total. The van der Waals surface area contributed by atoms with Gasteiger partial charge in [0.05, 0.1) is 5.69 Å². The van der Waals surface area contributed by atoms with Gasteiger partial charge in [0.1, 0.15) is 11.5 Å². The van der Waals surface area contributed by atoms with Crippen LogP contribution in [0, 0.1) is 13.8 Å². The van der Waals surface area contributed by atoms with Crippen LogP contribution < -0.4 is 20.1 Å². The summed E-state index contributed by atoms with van der Waals surface area (Å²) in [4.78, 5) is 23.4. The molecule has 2 amide bonds. The third kappa shape index (κ3) is 3.65. The second kappa shape index (κ2) is 6.62. The summed E-state index contributed by atoms with van der Waals surface area (Å²) in [7, 11) is 0. The second-order valence-corrected chi connectivity index (χ2v) is 5.65. The molecule has 0 atom stereocenters. The van der Waals surface area contributed by atoms with Gasteiger partial charge in [-0.2, -0.15) is 0 Å². The normalized spacial score (nSPS) is 12.7. The number of nitrogens with one attached hydrogen (secondary N) is 2. The van der Waals surface area contributed by atoms with Crippen LogP contribution in [0.25, 0.3) is 0 Å². The van der Waals surface area contributed by atoms with Gasteiger partial charge in [0.15, 0.2) is 13.2 Å². The molecule has 0 saturated carbocycles. The molecule has 0 aliphatic carbocycles. The van der Waals surface area contributed by atoms with Gasteiger partial charge in [0, 0.05) is 11.8 Å². The number of anilines is 2. The van der Waals surface area contributed by atoms with Crippen LogP contribution in [-0.4, -0.2) is 25.0 Å². The first-order valence-corrected chi connectivity index (χ1v) is 7.58. The van der Waals surface area contributed by atoms with E-state index >= 15 is 0 Å². The number of benzene rings is 2. The lowest BCUT2D eigenvalue weighted by Gasteiger charge is -2.18. The summed E-state index contributed by atoms with van der Waals surface area (Å²) in [5, 5.41) is 5.53. The van der Waals surface area contributed by atoms with Crippen LogP contribution >= 0.6 is 0 Å². The largest absolute Gasteiger partial charge is 0.484 e. The average molecular weight is 326 g/mol. The first-order valence-electron chi connectivity index (χ1n) is 7.58. The van der Waals surface area contributed by atoms with Gasteiger partial charge in [-0.15, -0.1) is 0 Å². The molecule has 3 rings (SSSR count). The van der Waals surface area contributed by atoms with Crippen LogP contribution in [0.1, 0.15) is 11.1 Å². The minimum atomic E-state index is -0.248. The standard InChI is InChI=1S/C18H18N2O4/c1-11-3-4-12(2)14(7-11)19-17(21)9-23-13-5-6-16-15(8-13)20-18(22)10-24-16/h3-8H,9-10H2,1-2H3,(H,19,21)(H,20,22). The summed E-state index contributed by atoms with van der Waals surface area (Å²) >= 11 is 0. The van der Waals surface area contributed by atoms with E-state index in [0.29, 0.717) is 17.2 Å². The first kappa shape index (κ1) is 15.9. The van der Waals surface area contributed by atoms with Crippen molar-refractivity contribution in [3.63, 3.8) is 0 Å². The fourth-order valence-corrected chi connectivity index (χ4v) is 2.36. The molecule has 2 aromatic carbocycles. The highest BCUT2D eigenvalue weighted by Gasteiger charge is 2.16. The van der Waals surface area contributed by atoms with Crippen LogP contribution in [0.3, 0.4) is 0 Å². The summed E-state index contributed by atoms with van der Waals surface area (Å²) in [6.07, 6.45) is 0. The number of amides is 2. The van der Waals surface area contributed by atoms with Crippen molar-refractivity contribution in [1.29, 1.82) is 0 Å². The Morgan fingerprint density at radius 3 is 2.92 bits per heavy atom. The lowest BCUT2D eigenvalue weighted by molar-refractivity contribution is -0.119. The zero-order valence-corrected chi connectivity index (χ0v) is 13.5. The van der Waals surface area contributed by atoms with Gasteiger partial charge >= 0.3 is 0 Å². The highest BCUT2D eigenvalue weighted by atomic mass is 16.5. The molecule has 0 radical (unpaired) electrons. The molecule has 0 saturated heterocycles. The molecule has 2 aromatic rings. The van der Waals surface area contributed by atoms with Gasteiger partial charge in [0.2, 0.25) is 0 Å². The molecule has 1 heterocycles. The Balaban J connectivity index is 1.61. The van der Waals surface area contributed by atoms with Gasteiger partial charge in [-0.25, -0.2) is 0 Å². The molecule has 0 aromatic heterocycles. The highest BCUT2D eigenvalue weighted by Crippen LogP contribution is 2.31. The van der Waals surface area contributed by atoms with Gasteiger partial charge in [0.25, 0.3) is 11.8 Å². The molecule has 6 heteroatoms. The average Bonchev–Trinajstić information content (AvgIpc) is 2.56. The molecule has 1 aliphatic heterocycles. The van der Waals surface area contributed by atoms with Crippen LogP contribution in [0.5, 0.6) is 11.5 Å². The van der Waals surface area contributed by atoms with Crippen molar-refractivity contribution in [2.45, 2.75) is 13.8 Å². The summed E-state index contributed by atoms with van der Waals surface area (Å²) in [6.45, 7) is 3.78. The molecule has 0 spiro atoms. The molecule has 24 heavy (non-hydrogen) atoms. The van der Waals surface area contributed by atoms with E-state index in [1.807, 2.05) is 32.0 Å². The lowest BCUT2D eigenvalue weighted by atomic mass is 10.1. The van der Waals surface area contributed by atoms with Crippen LogP contribution in [-0.2, 0) is 9.59 Å². The molecule has 6 nitrogen and oxygen atoms in total. The minimum absolute atomic E-state index is 0.00541. The molecular formula is C18H18N2O4. The monoisotopic (exact) mass is 326 g/mol. The maximum Gasteiger partial charge on any atom is 0.262 e. The van der Waals surface area contributed by atoms with E-state index in [9.17, 15) is 9.59 Å². The minimum Gasteiger partial charge on any atom is -0.484 e. The smallest absolute Gasteiger partial charge is 0.262 e. The predicted molar refractivity (Wildman–Crippen MR) is 90.6 cm³/mol. The second-order valence-electron chi connectivity index (χ2n) is 5.65. The van der Waals surface area contributed by atoms with Crippen molar-refractivity contribution in [1.82, 2.24) is 0 Å². The number of fused-ring (bicyclic) bond motifs is 1. The summed E-state index contributed by atoms with van der Waals surface area (Å²) < 4.78 is 10.8. The Hall–Kier alpha value is -3.02. The Kier molecular flexibility index (Phi) is 4.37. The molecule has 0 bridgehead atoms. The van der Waals surface area contributed by atoms with E-state index in [4.69, 9.17) is 9.47 Å². The van der Waals surface area contributed by atoms with E-state index in [-0.39, 0.29) is 25.0 Å². The Labute approximate surface area is 139 Å². The third-order valence-electron chi connectivity index (χ3n) is 3.62. The van der Waals surface area contributed by atoms with Crippen molar-refractivity contribution in [2.24, 2.45) is 0 Å². The number of rotatable bonds is 4. The van der Waals surface area contributed by atoms with Gasteiger partial charge in [-0.05, 0) is 43.2 Å².